The lowest BCUT2D eigenvalue weighted by Gasteiger charge is -2.14. The van der Waals surface area contributed by atoms with Crippen molar-refractivity contribution < 1.29 is 19.0 Å². The van der Waals surface area contributed by atoms with E-state index in [1.165, 1.54) is 12.8 Å². The van der Waals surface area contributed by atoms with Gasteiger partial charge in [0.05, 0.1) is 20.3 Å². The van der Waals surface area contributed by atoms with Crippen LogP contribution in [0.3, 0.4) is 0 Å². The number of amides is 2. The molecule has 1 saturated carbocycles. The number of methoxy groups -OCH3 is 2. The number of anilines is 1. The highest BCUT2D eigenvalue weighted by Crippen LogP contribution is 2.30. The number of rotatable bonds is 7. The van der Waals surface area contributed by atoms with Crippen molar-refractivity contribution in [3.05, 3.63) is 48.0 Å². The molecule has 2 aromatic carbocycles. The molecule has 1 fully saturated rings. The van der Waals surface area contributed by atoms with Crippen LogP contribution in [0.2, 0.25) is 0 Å². The first kappa shape index (κ1) is 18.9. The van der Waals surface area contributed by atoms with Gasteiger partial charge in [-0.1, -0.05) is 12.1 Å². The fourth-order valence-electron chi connectivity index (χ4n) is 3.26. The summed E-state index contributed by atoms with van der Waals surface area (Å²) in [6, 6.07) is 12.7. The van der Waals surface area contributed by atoms with Crippen molar-refractivity contribution in [3.63, 3.8) is 0 Å². The van der Waals surface area contributed by atoms with E-state index in [-0.39, 0.29) is 6.03 Å². The zero-order chi connectivity index (χ0) is 19.1. The lowest BCUT2D eigenvalue weighted by molar-refractivity contribution is 0.210. The molecular formula is C21H26N2O4. The standard InChI is InChI=1S/C21H26N2O4/c1-25-19-9-5-6-15(20(19)26-2)14-22-21(24)23-16-10-12-18(13-11-16)27-17-7-3-4-8-17/h5-6,9-13,17H,3-4,7-8,14H2,1-2H3,(H2,22,23,24). The summed E-state index contributed by atoms with van der Waals surface area (Å²) in [5, 5.41) is 5.65. The molecule has 1 aliphatic rings. The minimum atomic E-state index is -0.288. The van der Waals surface area contributed by atoms with Crippen LogP contribution < -0.4 is 24.8 Å². The van der Waals surface area contributed by atoms with Gasteiger partial charge in [0.2, 0.25) is 0 Å². The first-order valence-electron chi connectivity index (χ1n) is 9.21. The second-order valence-electron chi connectivity index (χ2n) is 6.51. The molecule has 6 heteroatoms. The lowest BCUT2D eigenvalue weighted by Crippen LogP contribution is -2.28. The van der Waals surface area contributed by atoms with Gasteiger partial charge in [-0.25, -0.2) is 4.79 Å². The second-order valence-corrected chi connectivity index (χ2v) is 6.51. The maximum atomic E-state index is 12.2. The molecule has 0 saturated heterocycles. The van der Waals surface area contributed by atoms with E-state index in [0.717, 1.165) is 24.2 Å². The molecule has 1 aliphatic carbocycles. The van der Waals surface area contributed by atoms with E-state index in [0.29, 0.717) is 29.8 Å². The van der Waals surface area contributed by atoms with Crippen molar-refractivity contribution in [2.45, 2.75) is 38.3 Å². The van der Waals surface area contributed by atoms with Gasteiger partial charge in [-0.15, -0.1) is 0 Å². The fourth-order valence-corrected chi connectivity index (χ4v) is 3.26. The summed E-state index contributed by atoms with van der Waals surface area (Å²) in [6.45, 7) is 0.328. The molecule has 0 aliphatic heterocycles. The van der Waals surface area contributed by atoms with Crippen LogP contribution in [0.25, 0.3) is 0 Å². The Morgan fingerprint density at radius 3 is 2.44 bits per heavy atom. The molecule has 0 bridgehead atoms. The summed E-state index contributed by atoms with van der Waals surface area (Å²) in [4.78, 5) is 12.2. The molecule has 0 aromatic heterocycles. The van der Waals surface area contributed by atoms with Crippen LogP contribution in [-0.2, 0) is 6.54 Å². The van der Waals surface area contributed by atoms with E-state index in [9.17, 15) is 4.79 Å². The fraction of sp³-hybridized carbons (Fsp3) is 0.381. The normalized spacial score (nSPS) is 13.9. The maximum absolute atomic E-state index is 12.2. The highest BCUT2D eigenvalue weighted by atomic mass is 16.5. The van der Waals surface area contributed by atoms with Gasteiger partial charge in [-0.2, -0.15) is 0 Å². The molecule has 2 N–H and O–H groups in total. The summed E-state index contributed by atoms with van der Waals surface area (Å²) in [6.07, 6.45) is 5.04. The third-order valence-corrected chi connectivity index (χ3v) is 4.64. The summed E-state index contributed by atoms with van der Waals surface area (Å²) in [5.74, 6) is 2.10. The third-order valence-electron chi connectivity index (χ3n) is 4.64. The van der Waals surface area contributed by atoms with E-state index >= 15 is 0 Å². The number of para-hydroxylation sites is 1. The molecule has 2 amide bonds. The molecule has 0 unspecified atom stereocenters. The van der Waals surface area contributed by atoms with E-state index < -0.39 is 0 Å². The van der Waals surface area contributed by atoms with Gasteiger partial charge in [-0.3, -0.25) is 0 Å². The highest BCUT2D eigenvalue weighted by molar-refractivity contribution is 5.89. The number of nitrogens with one attached hydrogen (secondary N) is 2. The zero-order valence-corrected chi connectivity index (χ0v) is 15.8. The van der Waals surface area contributed by atoms with Crippen molar-refractivity contribution in [1.82, 2.24) is 5.32 Å². The largest absolute Gasteiger partial charge is 0.493 e. The smallest absolute Gasteiger partial charge is 0.319 e. The first-order valence-corrected chi connectivity index (χ1v) is 9.21. The number of carbonyl (C=O) groups is 1. The highest BCUT2D eigenvalue weighted by Gasteiger charge is 2.16. The Bertz CT molecular complexity index is 755. The Morgan fingerprint density at radius 1 is 1.04 bits per heavy atom. The molecular weight excluding hydrogens is 344 g/mol. The molecule has 3 rings (SSSR count). The van der Waals surface area contributed by atoms with Crippen LogP contribution in [-0.4, -0.2) is 26.4 Å². The predicted octanol–water partition coefficient (Wildman–Crippen LogP) is 4.35. The molecule has 0 heterocycles. The summed E-state index contributed by atoms with van der Waals surface area (Å²) < 4.78 is 16.6. The van der Waals surface area contributed by atoms with Crippen LogP contribution in [0.4, 0.5) is 10.5 Å². The van der Waals surface area contributed by atoms with Crippen molar-refractivity contribution in [2.75, 3.05) is 19.5 Å². The number of hydrogen-bond acceptors (Lipinski definition) is 4. The molecule has 0 atom stereocenters. The van der Waals surface area contributed by atoms with E-state index in [4.69, 9.17) is 14.2 Å². The van der Waals surface area contributed by atoms with Crippen LogP contribution in [0, 0.1) is 0 Å². The summed E-state index contributed by atoms with van der Waals surface area (Å²) in [7, 11) is 3.17. The molecule has 0 spiro atoms. The van der Waals surface area contributed by atoms with Gasteiger partial charge in [0.15, 0.2) is 11.5 Å². The monoisotopic (exact) mass is 370 g/mol. The predicted molar refractivity (Wildman–Crippen MR) is 105 cm³/mol. The van der Waals surface area contributed by atoms with Crippen molar-refractivity contribution in [1.29, 1.82) is 0 Å². The maximum Gasteiger partial charge on any atom is 0.319 e. The Labute approximate surface area is 159 Å². The number of benzene rings is 2. The number of carbonyl (C=O) groups excluding carboxylic acids is 1. The number of hydrogen-bond donors (Lipinski definition) is 2. The molecule has 6 nitrogen and oxygen atoms in total. The SMILES string of the molecule is COc1cccc(CNC(=O)Nc2ccc(OC3CCCC3)cc2)c1OC. The van der Waals surface area contributed by atoms with Gasteiger partial charge in [0.1, 0.15) is 5.75 Å². The molecule has 144 valence electrons. The van der Waals surface area contributed by atoms with Gasteiger partial charge >= 0.3 is 6.03 Å². The quantitative estimate of drug-likeness (QED) is 0.760. The van der Waals surface area contributed by atoms with E-state index in [2.05, 4.69) is 10.6 Å². The molecule has 27 heavy (non-hydrogen) atoms. The third kappa shape index (κ3) is 5.06. The zero-order valence-electron chi connectivity index (χ0n) is 15.8. The van der Waals surface area contributed by atoms with Gasteiger partial charge in [0, 0.05) is 17.8 Å². The van der Waals surface area contributed by atoms with Crippen molar-refractivity contribution in [2.24, 2.45) is 0 Å². The molecule has 2 aromatic rings. The second kappa shape index (κ2) is 9.16. The summed E-state index contributed by atoms with van der Waals surface area (Å²) >= 11 is 0. The lowest BCUT2D eigenvalue weighted by atomic mass is 10.2. The average molecular weight is 370 g/mol. The van der Waals surface area contributed by atoms with Crippen LogP contribution >= 0.6 is 0 Å². The average Bonchev–Trinajstić information content (AvgIpc) is 3.20. The van der Waals surface area contributed by atoms with Crippen LogP contribution in [0.15, 0.2) is 42.5 Å². The van der Waals surface area contributed by atoms with Crippen molar-refractivity contribution >= 4 is 11.7 Å². The number of urea groups is 1. The topological polar surface area (TPSA) is 68.8 Å². The van der Waals surface area contributed by atoms with Gasteiger partial charge in [0.25, 0.3) is 0 Å². The Hall–Kier alpha value is -2.89. The van der Waals surface area contributed by atoms with E-state index in [1.54, 1.807) is 14.2 Å². The molecule has 0 radical (unpaired) electrons. The van der Waals surface area contributed by atoms with Gasteiger partial charge in [-0.05, 0) is 56.0 Å². The van der Waals surface area contributed by atoms with Crippen molar-refractivity contribution in [3.8, 4) is 17.2 Å². The Balaban J connectivity index is 1.52. The Kier molecular flexibility index (Phi) is 6.41. The number of ether oxygens (including phenoxy) is 3. The van der Waals surface area contributed by atoms with Gasteiger partial charge < -0.3 is 24.8 Å². The van der Waals surface area contributed by atoms with Crippen LogP contribution in [0.1, 0.15) is 31.2 Å². The Morgan fingerprint density at radius 2 is 1.78 bits per heavy atom. The van der Waals surface area contributed by atoms with Crippen LogP contribution in [0.5, 0.6) is 17.2 Å². The minimum absolute atomic E-state index is 0.288. The minimum Gasteiger partial charge on any atom is -0.493 e. The first-order chi connectivity index (χ1) is 13.2. The van der Waals surface area contributed by atoms with E-state index in [1.807, 2.05) is 42.5 Å². The summed E-state index contributed by atoms with van der Waals surface area (Å²) in [5.41, 5.74) is 1.55.